The Hall–Kier alpha value is -1.54. The Morgan fingerprint density at radius 1 is 0.393 bits per heavy atom. The average molecular weight is 1270 g/mol. The highest BCUT2D eigenvalue weighted by Gasteiger charge is 2.28. The summed E-state index contributed by atoms with van der Waals surface area (Å²) in [7, 11) is 1.64. The summed E-state index contributed by atoms with van der Waals surface area (Å²) in [5, 5.41) is 14.2. The van der Waals surface area contributed by atoms with Crippen molar-refractivity contribution in [2.75, 3.05) is 40.9 Å². The standard InChI is InChI=1S/C80H155N2O6P/c1-6-8-10-12-14-16-18-20-22-24-26-28-30-32-34-35-36-37-38-39-40-41-42-43-44-45-46-47-48-50-52-54-56-58-60-62-64-66-68-70-72-74-80(84)81-78(77-88-89(85,86)87-76-75-82(3,4)5)79(83)73-71-69-67-65-63-61-59-57-55-53-51-49-33-31-29-27-25-23-21-19-17-15-13-11-9-7-2/h8,10,14,16,20,22,26,28,78-79,83H,6-7,9,11-13,15,17-19,21,23-25,27,29-77H2,1-5H3,(H-,81,84,85,86)/p+1/b10-8-,16-14-,22-20-,28-26-. The van der Waals surface area contributed by atoms with Crippen molar-refractivity contribution in [2.24, 2.45) is 0 Å². The fourth-order valence-electron chi connectivity index (χ4n) is 12.3. The summed E-state index contributed by atoms with van der Waals surface area (Å²) in [6.07, 6.45) is 96.9. The van der Waals surface area contributed by atoms with Crippen LogP contribution in [0.25, 0.3) is 0 Å². The van der Waals surface area contributed by atoms with E-state index in [-0.39, 0.29) is 19.1 Å². The van der Waals surface area contributed by atoms with Crippen LogP contribution in [0.15, 0.2) is 48.6 Å². The predicted octanol–water partition coefficient (Wildman–Crippen LogP) is 25.7. The molecule has 0 aromatic rings. The van der Waals surface area contributed by atoms with E-state index in [0.29, 0.717) is 23.9 Å². The second kappa shape index (κ2) is 70.8. The van der Waals surface area contributed by atoms with Crippen LogP contribution in [-0.2, 0) is 18.4 Å². The number of nitrogens with zero attached hydrogens (tertiary/aromatic N) is 1. The molecule has 8 nitrogen and oxygen atoms in total. The molecule has 0 aromatic carbocycles. The van der Waals surface area contributed by atoms with Crippen LogP contribution in [0.2, 0.25) is 0 Å². The molecule has 0 heterocycles. The lowest BCUT2D eigenvalue weighted by Crippen LogP contribution is -2.46. The highest BCUT2D eigenvalue weighted by Crippen LogP contribution is 2.43. The van der Waals surface area contributed by atoms with Crippen LogP contribution in [-0.4, -0.2) is 73.4 Å². The van der Waals surface area contributed by atoms with Gasteiger partial charge in [0.25, 0.3) is 0 Å². The van der Waals surface area contributed by atoms with Gasteiger partial charge in [-0.15, -0.1) is 0 Å². The van der Waals surface area contributed by atoms with E-state index in [0.717, 1.165) is 64.2 Å². The Morgan fingerprint density at radius 3 is 0.989 bits per heavy atom. The van der Waals surface area contributed by atoms with Gasteiger partial charge in [0.15, 0.2) is 0 Å². The maximum absolute atomic E-state index is 13.1. The zero-order valence-electron chi connectivity index (χ0n) is 60.5. The molecule has 0 bridgehead atoms. The SMILES string of the molecule is CC/C=C\C/C=C\C/C=C\C/C=C\CCCCCCCCCCCCCCCCCCCCCCCCCCCCCCC(=O)NC(COP(=O)(O)OCC[N+](C)(C)C)C(O)CCCCCCCCCCCCCCCCCCCCCCCCCCCC. The van der Waals surface area contributed by atoms with Crippen LogP contribution in [0.5, 0.6) is 0 Å². The number of phosphoric ester groups is 1. The fourth-order valence-corrected chi connectivity index (χ4v) is 13.0. The van der Waals surface area contributed by atoms with Crippen LogP contribution < -0.4 is 5.32 Å². The molecule has 0 fully saturated rings. The first-order chi connectivity index (χ1) is 43.5. The lowest BCUT2D eigenvalue weighted by Gasteiger charge is -2.26. The number of hydrogen-bond donors (Lipinski definition) is 3. The first-order valence-corrected chi connectivity index (χ1v) is 41.0. The molecule has 0 aliphatic heterocycles. The van der Waals surface area contributed by atoms with Gasteiger partial charge in [-0.3, -0.25) is 13.8 Å². The van der Waals surface area contributed by atoms with Gasteiger partial charge < -0.3 is 19.8 Å². The Morgan fingerprint density at radius 2 is 0.674 bits per heavy atom. The number of carbonyl (C=O) groups excluding carboxylic acids is 1. The van der Waals surface area contributed by atoms with Gasteiger partial charge >= 0.3 is 7.82 Å². The summed E-state index contributed by atoms with van der Waals surface area (Å²) in [4.78, 5) is 23.5. The van der Waals surface area contributed by atoms with Crippen molar-refractivity contribution in [1.82, 2.24) is 5.32 Å². The minimum atomic E-state index is -4.33. The average Bonchev–Trinajstić information content (AvgIpc) is 3.61. The molecule has 0 saturated heterocycles. The number of aliphatic hydroxyl groups excluding tert-OH is 1. The molecule has 89 heavy (non-hydrogen) atoms. The normalized spacial score (nSPS) is 13.7. The largest absolute Gasteiger partial charge is 0.472 e. The molecule has 0 aliphatic carbocycles. The Bertz CT molecular complexity index is 1590. The third-order valence-corrected chi connectivity index (χ3v) is 19.3. The number of nitrogens with one attached hydrogen (secondary N) is 1. The van der Waals surface area contributed by atoms with Gasteiger partial charge in [-0.1, -0.05) is 396 Å². The maximum Gasteiger partial charge on any atom is 0.472 e. The van der Waals surface area contributed by atoms with E-state index in [1.165, 1.54) is 315 Å². The molecule has 0 aromatic heterocycles. The van der Waals surface area contributed by atoms with Crippen LogP contribution in [0.4, 0.5) is 0 Å². The van der Waals surface area contributed by atoms with E-state index in [2.05, 4.69) is 67.8 Å². The number of hydrogen-bond acceptors (Lipinski definition) is 5. The smallest absolute Gasteiger partial charge is 0.391 e. The summed E-state index contributed by atoms with van der Waals surface area (Å²) in [5.74, 6) is -0.134. The van der Waals surface area contributed by atoms with Crippen molar-refractivity contribution in [3.63, 3.8) is 0 Å². The fraction of sp³-hybridized carbons (Fsp3) is 0.887. The van der Waals surface area contributed by atoms with Crippen molar-refractivity contribution in [3.8, 4) is 0 Å². The summed E-state index contributed by atoms with van der Waals surface area (Å²) >= 11 is 0. The second-order valence-corrected chi connectivity index (χ2v) is 29.9. The van der Waals surface area contributed by atoms with E-state index in [9.17, 15) is 19.4 Å². The van der Waals surface area contributed by atoms with Gasteiger partial charge in [-0.05, 0) is 51.4 Å². The zero-order valence-corrected chi connectivity index (χ0v) is 61.3. The number of carbonyl (C=O) groups is 1. The first-order valence-electron chi connectivity index (χ1n) is 39.5. The maximum atomic E-state index is 13.1. The van der Waals surface area contributed by atoms with Crippen LogP contribution in [0.1, 0.15) is 406 Å². The van der Waals surface area contributed by atoms with Gasteiger partial charge in [0.1, 0.15) is 13.2 Å². The highest BCUT2D eigenvalue weighted by molar-refractivity contribution is 7.47. The summed E-state index contributed by atoms with van der Waals surface area (Å²) in [5.41, 5.74) is 0. The second-order valence-electron chi connectivity index (χ2n) is 28.4. The predicted molar refractivity (Wildman–Crippen MR) is 392 cm³/mol. The Labute approximate surface area is 556 Å². The number of phosphoric acid groups is 1. The number of aliphatic hydroxyl groups is 1. The molecule has 3 N–H and O–H groups in total. The minimum Gasteiger partial charge on any atom is -0.391 e. The van der Waals surface area contributed by atoms with Gasteiger partial charge in [0, 0.05) is 6.42 Å². The van der Waals surface area contributed by atoms with Crippen molar-refractivity contribution in [1.29, 1.82) is 0 Å². The molecule has 0 radical (unpaired) electrons. The third-order valence-electron chi connectivity index (χ3n) is 18.3. The van der Waals surface area contributed by atoms with Crippen molar-refractivity contribution < 1.29 is 32.9 Å². The van der Waals surface area contributed by atoms with E-state index in [1.807, 2.05) is 21.1 Å². The lowest BCUT2D eigenvalue weighted by atomic mass is 10.0. The molecule has 3 unspecified atom stereocenters. The van der Waals surface area contributed by atoms with E-state index < -0.39 is 20.0 Å². The molecule has 0 saturated carbocycles. The molecule has 526 valence electrons. The van der Waals surface area contributed by atoms with E-state index in [1.54, 1.807) is 0 Å². The molecular weight excluding hydrogens is 1120 g/mol. The van der Waals surface area contributed by atoms with Crippen molar-refractivity contribution in [2.45, 2.75) is 418 Å². The number of quaternary nitrogens is 1. The van der Waals surface area contributed by atoms with Gasteiger partial charge in [-0.25, -0.2) is 4.57 Å². The molecule has 1 amide bonds. The van der Waals surface area contributed by atoms with Crippen molar-refractivity contribution >= 4 is 13.7 Å². The number of allylic oxidation sites excluding steroid dienone is 8. The molecule has 0 aliphatic rings. The van der Waals surface area contributed by atoms with Crippen LogP contribution >= 0.6 is 7.82 Å². The van der Waals surface area contributed by atoms with Crippen LogP contribution in [0, 0.1) is 0 Å². The highest BCUT2D eigenvalue weighted by atomic mass is 31.2. The third kappa shape index (κ3) is 73.7. The van der Waals surface area contributed by atoms with Gasteiger partial charge in [0.05, 0.1) is 39.9 Å². The molecule has 0 rings (SSSR count). The quantitative estimate of drug-likeness (QED) is 0.0243. The molecule has 9 heteroatoms. The number of likely N-dealkylation sites (N-methyl/N-ethyl adjacent to an activating group) is 1. The van der Waals surface area contributed by atoms with E-state index in [4.69, 9.17) is 9.05 Å². The van der Waals surface area contributed by atoms with Gasteiger partial charge in [0.2, 0.25) is 5.91 Å². The van der Waals surface area contributed by atoms with Crippen molar-refractivity contribution in [3.05, 3.63) is 48.6 Å². The van der Waals surface area contributed by atoms with Gasteiger partial charge in [-0.2, -0.15) is 0 Å². The monoisotopic (exact) mass is 1270 g/mol. The Balaban J connectivity index is 3.87. The van der Waals surface area contributed by atoms with E-state index >= 15 is 0 Å². The number of amides is 1. The topological polar surface area (TPSA) is 105 Å². The number of unbranched alkanes of at least 4 members (excludes halogenated alkanes) is 53. The first kappa shape index (κ1) is 87.5. The minimum absolute atomic E-state index is 0.0775. The van der Waals surface area contributed by atoms with Crippen LogP contribution in [0.3, 0.4) is 0 Å². The zero-order chi connectivity index (χ0) is 64.8. The summed E-state index contributed by atoms with van der Waals surface area (Å²) in [6, 6.07) is -0.760. The summed E-state index contributed by atoms with van der Waals surface area (Å²) < 4.78 is 24.0. The summed E-state index contributed by atoms with van der Waals surface area (Å²) in [6.45, 7) is 4.84. The molecular formula is C80H156N2O6P+. The molecule has 3 atom stereocenters. The molecule has 0 spiro atoms. The Kier molecular flexibility index (Phi) is 69.5. The lowest BCUT2D eigenvalue weighted by molar-refractivity contribution is -0.870. The number of rotatable bonds is 74.